The first-order valence-corrected chi connectivity index (χ1v) is 14.5. The number of rotatable bonds is 5. The molecular weight excluding hydrogens is 632 g/mol. The second-order valence-corrected chi connectivity index (χ2v) is 11.8. The number of nitrogens with two attached hydrogens (primary N) is 1. The first-order chi connectivity index (χ1) is 21.3. The highest BCUT2D eigenvalue weighted by atomic mass is 32.3. The SMILES string of the molecule is C=C1c2cccc(O)c2C(=O)C2=C(O)[C@]3(O)C(=O)C(C(N)=O)=C(O)[C@@H](N(C)C)[C@H]3[C@@H](O)[C@H]12.O=C(O)c1ccccc1OS(=O)(=O)O. The van der Waals surface area contributed by atoms with Crippen molar-refractivity contribution in [2.75, 3.05) is 14.1 Å². The Kier molecular flexibility index (Phi) is 8.60. The number of Topliss-reactive ketones (excluding diaryl/α,β-unsaturated/α-hetero) is 2. The summed E-state index contributed by atoms with van der Waals surface area (Å²) in [7, 11) is -1.77. The minimum absolute atomic E-state index is 0.167. The third-order valence-corrected chi connectivity index (χ3v) is 8.31. The van der Waals surface area contributed by atoms with Crippen LogP contribution in [0, 0.1) is 11.8 Å². The van der Waals surface area contributed by atoms with Crippen LogP contribution in [-0.4, -0.2) is 104 Å². The van der Waals surface area contributed by atoms with E-state index in [2.05, 4.69) is 10.8 Å². The summed E-state index contributed by atoms with van der Waals surface area (Å²) in [6.45, 7) is 3.91. The van der Waals surface area contributed by atoms with Gasteiger partial charge in [0.25, 0.3) is 5.91 Å². The second-order valence-electron chi connectivity index (χ2n) is 10.8. The monoisotopic (exact) mass is 660 g/mol. The molecule has 3 aliphatic rings. The van der Waals surface area contributed by atoms with Crippen LogP contribution >= 0.6 is 0 Å². The van der Waals surface area contributed by atoms with Crippen LogP contribution in [0.15, 0.2) is 71.7 Å². The number of phenolic OH excluding ortho intramolecular Hbond substituents is 1. The van der Waals surface area contributed by atoms with Crippen molar-refractivity contribution in [3.8, 4) is 11.5 Å². The molecule has 0 unspecified atom stereocenters. The maximum atomic E-state index is 13.3. The average molecular weight is 661 g/mol. The lowest BCUT2D eigenvalue weighted by Crippen LogP contribution is -2.68. The molecule has 0 fully saturated rings. The van der Waals surface area contributed by atoms with E-state index in [9.17, 15) is 53.1 Å². The number of ketones is 2. The average Bonchev–Trinajstić information content (AvgIpc) is 2.94. The van der Waals surface area contributed by atoms with Crippen LogP contribution in [0.5, 0.6) is 11.5 Å². The third-order valence-electron chi connectivity index (χ3n) is 7.92. The first kappa shape index (κ1) is 33.8. The summed E-state index contributed by atoms with van der Waals surface area (Å²) in [5.41, 5.74) is 0.716. The molecule has 0 bridgehead atoms. The van der Waals surface area contributed by atoms with Crippen molar-refractivity contribution in [2.45, 2.75) is 17.7 Å². The number of para-hydroxylation sites is 1. The number of nitrogens with zero attached hydrogens (tertiary/aromatic N) is 1. The van der Waals surface area contributed by atoms with Gasteiger partial charge in [-0.2, -0.15) is 8.42 Å². The summed E-state index contributed by atoms with van der Waals surface area (Å²) in [4.78, 5) is 50.3. The molecule has 1 amide bonds. The van der Waals surface area contributed by atoms with E-state index in [0.29, 0.717) is 0 Å². The largest absolute Gasteiger partial charge is 0.510 e. The zero-order valence-electron chi connectivity index (χ0n) is 24.0. The number of hydrogen-bond acceptors (Lipinski definition) is 13. The number of fused-ring (bicyclic) bond motifs is 3. The maximum absolute atomic E-state index is 13.3. The van der Waals surface area contributed by atoms with Crippen molar-refractivity contribution < 1.29 is 67.0 Å². The summed E-state index contributed by atoms with van der Waals surface area (Å²) in [6.07, 6.45) is -1.69. The zero-order chi connectivity index (χ0) is 34.6. The minimum Gasteiger partial charge on any atom is -0.510 e. The van der Waals surface area contributed by atoms with Crippen LogP contribution in [0.4, 0.5) is 0 Å². The van der Waals surface area contributed by atoms with Crippen molar-refractivity contribution in [1.29, 1.82) is 0 Å². The molecule has 2 aromatic carbocycles. The minimum atomic E-state index is -4.70. The molecule has 5 atom stereocenters. The highest BCUT2D eigenvalue weighted by Gasteiger charge is 2.67. The molecule has 46 heavy (non-hydrogen) atoms. The molecule has 9 N–H and O–H groups in total. The summed E-state index contributed by atoms with van der Waals surface area (Å²) in [5.74, 6) is -10.5. The van der Waals surface area contributed by atoms with E-state index in [1.54, 1.807) is 0 Å². The molecule has 0 spiro atoms. The quantitative estimate of drug-likeness (QED) is 0.156. The van der Waals surface area contributed by atoms with Gasteiger partial charge >= 0.3 is 16.4 Å². The van der Waals surface area contributed by atoms with Crippen molar-refractivity contribution >= 4 is 39.4 Å². The summed E-state index contributed by atoms with van der Waals surface area (Å²) in [5, 5.41) is 63.4. The number of carboxylic acids is 1. The van der Waals surface area contributed by atoms with Gasteiger partial charge < -0.3 is 40.6 Å². The fraction of sp³-hybridized carbons (Fsp3) is 0.241. The fourth-order valence-electron chi connectivity index (χ4n) is 6.05. The Morgan fingerprint density at radius 2 is 1.65 bits per heavy atom. The molecule has 17 heteroatoms. The van der Waals surface area contributed by atoms with Crippen molar-refractivity contribution in [3.05, 3.63) is 88.4 Å². The van der Waals surface area contributed by atoms with Gasteiger partial charge in [0.05, 0.1) is 29.2 Å². The molecule has 0 aliphatic heterocycles. The highest BCUT2D eigenvalue weighted by Crippen LogP contribution is 2.54. The third kappa shape index (κ3) is 5.29. The molecule has 0 saturated carbocycles. The maximum Gasteiger partial charge on any atom is 0.446 e. The molecular formula is C29H28N2O14S. The van der Waals surface area contributed by atoms with Crippen LogP contribution in [-0.2, 0) is 20.0 Å². The summed E-state index contributed by atoms with van der Waals surface area (Å²) < 4.78 is 33.0. The van der Waals surface area contributed by atoms with Crippen molar-refractivity contribution in [1.82, 2.24) is 4.90 Å². The second kappa shape index (κ2) is 11.7. The predicted octanol–water partition coefficient (Wildman–Crippen LogP) is 0.129. The standard InChI is InChI=1S/C22H22N2O8.C7H6O6S/c1-7-8-5-4-6-9(25)11(8)16(26)12-10(7)17(27)14-15(24(2)3)18(28)13(21(23)31)20(30)22(14,32)19(12)29;8-7(9)5-3-1-2-4-6(5)13-14(10,11)12/h4-6,10,14-15,17,25,27-29,32H,1H2,2-3H3,(H2,23,31);1-4H,(H,8,9)(H,10,11,12)/t10-,14+,15+,17+,22+;/m1./s1. The Bertz CT molecular complexity index is 1880. The normalized spacial score (nSPS) is 25.7. The van der Waals surface area contributed by atoms with Crippen molar-refractivity contribution in [3.63, 3.8) is 0 Å². The van der Waals surface area contributed by atoms with Crippen LogP contribution in [0.2, 0.25) is 0 Å². The van der Waals surface area contributed by atoms with Crippen LogP contribution < -0.4 is 9.92 Å². The fourth-order valence-corrected chi connectivity index (χ4v) is 6.42. The Morgan fingerprint density at radius 3 is 2.20 bits per heavy atom. The van der Waals surface area contributed by atoms with E-state index in [0.717, 1.165) is 12.1 Å². The van der Waals surface area contributed by atoms with Gasteiger partial charge in [0.1, 0.15) is 28.4 Å². The number of benzene rings is 2. The Morgan fingerprint density at radius 1 is 1.04 bits per heavy atom. The molecule has 5 rings (SSSR count). The number of aromatic carboxylic acids is 1. The molecule has 0 heterocycles. The molecule has 16 nitrogen and oxygen atoms in total. The number of amides is 1. The van der Waals surface area contributed by atoms with E-state index >= 15 is 0 Å². The molecule has 2 aromatic rings. The molecule has 3 aliphatic carbocycles. The number of primary amides is 1. The molecule has 0 aromatic heterocycles. The van der Waals surface area contributed by atoms with Gasteiger partial charge in [-0.25, -0.2) is 4.79 Å². The lowest BCUT2D eigenvalue weighted by Gasteiger charge is -2.52. The molecule has 244 valence electrons. The van der Waals surface area contributed by atoms with E-state index in [4.69, 9.17) is 15.4 Å². The van der Waals surface area contributed by atoms with Crippen molar-refractivity contribution in [2.24, 2.45) is 17.6 Å². The van der Waals surface area contributed by atoms with E-state index < -0.39 is 97.6 Å². The lowest BCUT2D eigenvalue weighted by atomic mass is 9.56. The van der Waals surface area contributed by atoms with E-state index in [-0.39, 0.29) is 22.3 Å². The number of carboxylic acid groups (broad SMARTS) is 1. The van der Waals surface area contributed by atoms with Gasteiger partial charge in [0.2, 0.25) is 5.78 Å². The number of carbonyl (C=O) groups is 4. The number of hydrogen-bond donors (Lipinski definition) is 8. The summed E-state index contributed by atoms with van der Waals surface area (Å²) in [6, 6.07) is 7.99. The topological polar surface area (TPSA) is 283 Å². The highest BCUT2D eigenvalue weighted by molar-refractivity contribution is 7.81. The zero-order valence-corrected chi connectivity index (χ0v) is 24.8. The van der Waals surface area contributed by atoms with Crippen LogP contribution in [0.25, 0.3) is 5.57 Å². The van der Waals surface area contributed by atoms with Gasteiger partial charge in [-0.3, -0.25) is 23.8 Å². The predicted molar refractivity (Wildman–Crippen MR) is 156 cm³/mol. The Balaban J connectivity index is 0.000000288. The number of carbonyl (C=O) groups excluding carboxylic acids is 3. The lowest BCUT2D eigenvalue weighted by molar-refractivity contribution is -0.159. The Hall–Kier alpha value is -5.07. The summed E-state index contributed by atoms with van der Waals surface area (Å²) >= 11 is 0. The number of aliphatic hydroxyl groups is 4. The van der Waals surface area contributed by atoms with Gasteiger partial charge in [-0.15, -0.1) is 0 Å². The van der Waals surface area contributed by atoms with Crippen LogP contribution in [0.3, 0.4) is 0 Å². The van der Waals surface area contributed by atoms with E-state index in [1.807, 2.05) is 0 Å². The van der Waals surface area contributed by atoms with E-state index in [1.165, 1.54) is 49.3 Å². The van der Waals surface area contributed by atoms with Gasteiger partial charge in [-0.05, 0) is 43.4 Å². The Labute approximate surface area is 260 Å². The number of aromatic hydroxyl groups is 1. The first-order valence-electron chi connectivity index (χ1n) is 13.1. The number of aliphatic hydroxyl groups excluding tert-OH is 3. The molecule has 0 saturated heterocycles. The van der Waals surface area contributed by atoms with Gasteiger partial charge in [0.15, 0.2) is 17.1 Å². The van der Waals surface area contributed by atoms with Gasteiger partial charge in [-0.1, -0.05) is 30.8 Å². The van der Waals surface area contributed by atoms with Crippen LogP contribution in [0.1, 0.15) is 26.3 Å². The number of likely N-dealkylation sites (N-methyl/N-ethyl adjacent to an activating group) is 1. The van der Waals surface area contributed by atoms with Gasteiger partial charge in [0, 0.05) is 5.92 Å². The molecule has 0 radical (unpaired) electrons. The number of phenols is 1. The smallest absolute Gasteiger partial charge is 0.446 e.